The van der Waals surface area contributed by atoms with Gasteiger partial charge in [-0.2, -0.15) is 0 Å². The van der Waals surface area contributed by atoms with Crippen molar-refractivity contribution in [2.24, 2.45) is 16.7 Å². The summed E-state index contributed by atoms with van der Waals surface area (Å²) in [5, 5.41) is 51.6. The summed E-state index contributed by atoms with van der Waals surface area (Å²) in [7, 11) is 3.17. The molecule has 288 valence electrons. The molecule has 0 spiro atoms. The number of hydrogen-bond acceptors (Lipinski definition) is 11. The molecule has 0 aromatic heterocycles. The van der Waals surface area contributed by atoms with Crippen molar-refractivity contribution in [1.29, 1.82) is 0 Å². The Morgan fingerprint density at radius 1 is 0.981 bits per heavy atom. The van der Waals surface area contributed by atoms with Gasteiger partial charge in [0.1, 0.15) is 23.4 Å². The molecule has 2 saturated carbocycles. The van der Waals surface area contributed by atoms with E-state index in [2.05, 4.69) is 5.32 Å². The zero-order valence-corrected chi connectivity index (χ0v) is 31.2. The van der Waals surface area contributed by atoms with Crippen molar-refractivity contribution in [3.8, 4) is 0 Å². The quantitative estimate of drug-likeness (QED) is 0.193. The maximum absolute atomic E-state index is 14.0. The summed E-state index contributed by atoms with van der Waals surface area (Å²) in [6.45, 7) is 7.44. The minimum Gasteiger partial charge on any atom is -0.456 e. The third kappa shape index (κ3) is 6.52. The van der Waals surface area contributed by atoms with Crippen molar-refractivity contribution in [3.63, 3.8) is 0 Å². The largest absolute Gasteiger partial charge is 0.456 e. The minimum atomic E-state index is -1.93. The maximum atomic E-state index is 14.0. The number of allylic oxidation sites excluding steroid dienone is 1. The Bertz CT molecular complexity index is 1530. The number of nitrogens with one attached hydrogen (secondary N) is 1. The molecule has 1 amide bonds. The zero-order chi connectivity index (χ0) is 37.6. The van der Waals surface area contributed by atoms with Crippen LogP contribution in [0.3, 0.4) is 0 Å². The summed E-state index contributed by atoms with van der Waals surface area (Å²) < 4.78 is 29.7. The number of aliphatic hydroxyl groups excluding tert-OH is 2. The van der Waals surface area contributed by atoms with Crippen LogP contribution < -0.4 is 5.32 Å². The molecule has 12 nitrogen and oxygen atoms in total. The summed E-state index contributed by atoms with van der Waals surface area (Å²) in [5.74, 6) is -1.91. The van der Waals surface area contributed by atoms with Crippen molar-refractivity contribution in [1.82, 2.24) is 5.32 Å². The van der Waals surface area contributed by atoms with E-state index >= 15 is 0 Å². The molecule has 6 rings (SSSR count). The van der Waals surface area contributed by atoms with Crippen LogP contribution in [0.2, 0.25) is 0 Å². The molecule has 2 unspecified atom stereocenters. The van der Waals surface area contributed by atoms with Crippen LogP contribution in [-0.4, -0.2) is 107 Å². The number of carbonyl (C=O) groups is 2. The fraction of sp³-hybridized carbons (Fsp3) is 0.700. The van der Waals surface area contributed by atoms with Gasteiger partial charge in [-0.3, -0.25) is 0 Å². The average molecular weight is 728 g/mol. The van der Waals surface area contributed by atoms with Gasteiger partial charge in [-0.25, -0.2) is 9.59 Å². The summed E-state index contributed by atoms with van der Waals surface area (Å²) in [6.07, 6.45) is 1.78. The van der Waals surface area contributed by atoms with E-state index in [1.54, 1.807) is 44.6 Å². The highest BCUT2D eigenvalue weighted by Gasteiger charge is 2.73. The highest BCUT2D eigenvalue weighted by molar-refractivity contribution is 5.78. The molecular weight excluding hydrogens is 670 g/mol. The van der Waals surface area contributed by atoms with Crippen molar-refractivity contribution in [2.45, 2.75) is 139 Å². The molecule has 12 atom stereocenters. The zero-order valence-electron chi connectivity index (χ0n) is 31.2. The summed E-state index contributed by atoms with van der Waals surface area (Å²) in [6, 6.07) is 7.41. The number of rotatable bonds is 8. The van der Waals surface area contributed by atoms with Gasteiger partial charge in [0.25, 0.3) is 0 Å². The van der Waals surface area contributed by atoms with Gasteiger partial charge < -0.3 is 49.4 Å². The second-order valence-electron chi connectivity index (χ2n) is 16.4. The van der Waals surface area contributed by atoms with Gasteiger partial charge in [-0.05, 0) is 61.8 Å². The van der Waals surface area contributed by atoms with Gasteiger partial charge in [-0.15, -0.1) is 0 Å². The molecular formula is C40H57NO11. The molecule has 1 saturated heterocycles. The highest BCUT2D eigenvalue weighted by Crippen LogP contribution is 2.64. The first-order valence-electron chi connectivity index (χ1n) is 18.7. The predicted octanol–water partition coefficient (Wildman–Crippen LogP) is 4.04. The lowest BCUT2D eigenvalue weighted by molar-refractivity contribution is -0.355. The van der Waals surface area contributed by atoms with E-state index in [1.807, 2.05) is 39.8 Å². The van der Waals surface area contributed by atoms with Crippen molar-refractivity contribution in [3.05, 3.63) is 59.2 Å². The van der Waals surface area contributed by atoms with Crippen molar-refractivity contribution in [2.75, 3.05) is 20.8 Å². The number of methoxy groups -OCH3 is 2. The Hall–Kier alpha value is -2.84. The first-order chi connectivity index (χ1) is 24.6. The number of carbonyl (C=O) groups excluding carboxylic acids is 2. The van der Waals surface area contributed by atoms with E-state index in [0.717, 1.165) is 25.7 Å². The van der Waals surface area contributed by atoms with Gasteiger partial charge in [0.15, 0.2) is 6.10 Å². The fourth-order valence-electron chi connectivity index (χ4n) is 10.1. The van der Waals surface area contributed by atoms with Crippen LogP contribution in [0.5, 0.6) is 0 Å². The summed E-state index contributed by atoms with van der Waals surface area (Å²) >= 11 is 0. The van der Waals surface area contributed by atoms with E-state index in [1.165, 1.54) is 0 Å². The smallest absolute Gasteiger partial charge is 0.408 e. The van der Waals surface area contributed by atoms with Crippen LogP contribution in [0.4, 0.5) is 4.79 Å². The van der Waals surface area contributed by atoms with Crippen LogP contribution in [0, 0.1) is 16.7 Å². The Morgan fingerprint density at radius 2 is 1.71 bits per heavy atom. The van der Waals surface area contributed by atoms with Crippen LogP contribution in [0.15, 0.2) is 53.6 Å². The lowest BCUT2D eigenvalue weighted by Crippen LogP contribution is -2.79. The number of esters is 1. The van der Waals surface area contributed by atoms with E-state index in [0.29, 0.717) is 36.0 Å². The maximum Gasteiger partial charge on any atom is 0.408 e. The van der Waals surface area contributed by atoms with Gasteiger partial charge in [0.2, 0.25) is 0 Å². The van der Waals surface area contributed by atoms with Gasteiger partial charge in [-0.1, -0.05) is 63.6 Å². The van der Waals surface area contributed by atoms with Crippen molar-refractivity contribution < 1.29 is 53.7 Å². The summed E-state index contributed by atoms with van der Waals surface area (Å²) in [5.41, 5.74) is -3.54. The topological polar surface area (TPSA) is 173 Å². The molecule has 52 heavy (non-hydrogen) atoms. The molecule has 1 aromatic carbocycles. The van der Waals surface area contributed by atoms with Gasteiger partial charge in [0, 0.05) is 43.8 Å². The minimum absolute atomic E-state index is 0.000745. The molecule has 12 heteroatoms. The first-order valence-corrected chi connectivity index (χ1v) is 18.7. The van der Waals surface area contributed by atoms with E-state index in [-0.39, 0.29) is 13.0 Å². The number of aliphatic hydroxyl groups is 4. The number of alkyl carbamates (subject to hydrolysis) is 1. The van der Waals surface area contributed by atoms with Crippen LogP contribution >= 0.6 is 0 Å². The molecule has 5 aliphatic rings. The SMILES string of the molecule is CO[C@H]1C[C@@]2(C)C([C@H](O)[C@]3(O)C[C@H](OC(=O)[C@H](O)[C@@H](NC(=O)OC4/C=C/CCCCC4)c4ccccc4)C(C)=C1C3(C)C)[C@]1(O)CO[C@@H]1C[C@@H]2OC. The number of ether oxygens (including phenoxy) is 5. The second kappa shape index (κ2) is 14.8. The molecule has 2 bridgehead atoms. The normalized spacial score (nSPS) is 40.2. The van der Waals surface area contributed by atoms with E-state index in [4.69, 9.17) is 23.7 Å². The molecule has 0 radical (unpaired) electrons. The van der Waals surface area contributed by atoms with Crippen LogP contribution in [-0.2, 0) is 28.5 Å². The van der Waals surface area contributed by atoms with E-state index in [9.17, 15) is 30.0 Å². The van der Waals surface area contributed by atoms with Crippen LogP contribution in [0.1, 0.15) is 90.7 Å². The molecule has 3 fully saturated rings. The predicted molar refractivity (Wildman–Crippen MR) is 190 cm³/mol. The fourth-order valence-corrected chi connectivity index (χ4v) is 10.1. The Morgan fingerprint density at radius 3 is 2.37 bits per heavy atom. The third-order valence-corrected chi connectivity index (χ3v) is 13.2. The summed E-state index contributed by atoms with van der Waals surface area (Å²) in [4.78, 5) is 27.2. The monoisotopic (exact) mass is 727 g/mol. The molecule has 1 heterocycles. The third-order valence-electron chi connectivity index (χ3n) is 13.2. The van der Waals surface area contributed by atoms with E-state index < -0.39 is 88.8 Å². The number of hydrogen-bond donors (Lipinski definition) is 5. The number of fused-ring (bicyclic) bond motifs is 5. The highest BCUT2D eigenvalue weighted by atomic mass is 16.6. The molecule has 4 aliphatic carbocycles. The van der Waals surface area contributed by atoms with Crippen LogP contribution in [0.25, 0.3) is 0 Å². The van der Waals surface area contributed by atoms with Crippen molar-refractivity contribution >= 4 is 12.1 Å². The Kier molecular flexibility index (Phi) is 11.0. The standard InChI is InChI=1S/C40H57NO11/c1-23-26(52-35(44)32(42)31(24-15-11-10-12-16-24)41-36(45)51-25-17-13-8-7-9-14-18-25)21-40(47)34(43)33-38(4,20-27(48-5)30(23)37(40,2)3)28(49-6)19-29-39(33,46)22-50-29/h10-13,15-17,25-29,31-34,42-43,46-47H,7-9,14,18-22H2,1-6H3,(H,41,45)/b17-13+/t25?,26-,27-,28-,29+,31-,32+,33?,34-,38+,39-,40+/m0/s1. The number of benzene rings is 1. The molecule has 1 aromatic rings. The molecule has 1 aliphatic heterocycles. The lowest BCUT2D eigenvalue weighted by atomic mass is 9.45. The second-order valence-corrected chi connectivity index (χ2v) is 16.4. The Balaban J connectivity index is 1.31. The molecule has 5 N–H and O–H groups in total. The Labute approximate surface area is 306 Å². The average Bonchev–Trinajstić information content (AvgIpc) is 3.09. The van der Waals surface area contributed by atoms with Gasteiger partial charge >= 0.3 is 12.1 Å². The van der Waals surface area contributed by atoms with Gasteiger partial charge in [0.05, 0.1) is 37.1 Å². The first kappa shape index (κ1) is 38.9. The number of amides is 1. The lowest BCUT2D eigenvalue weighted by Gasteiger charge is -2.68.